The lowest BCUT2D eigenvalue weighted by Crippen LogP contribution is -2.45. The van der Waals surface area contributed by atoms with Crippen LogP contribution in [0.5, 0.6) is 0 Å². The van der Waals surface area contributed by atoms with Gasteiger partial charge in [-0.15, -0.1) is 0 Å². The van der Waals surface area contributed by atoms with E-state index in [1.54, 1.807) is 0 Å². The highest BCUT2D eigenvalue weighted by atomic mass is 127. The monoisotopic (exact) mass is 361 g/mol. The second kappa shape index (κ2) is 5.56. The highest BCUT2D eigenvalue weighted by Crippen LogP contribution is 2.26. The second-order valence-electron chi connectivity index (χ2n) is 5.05. The number of nitrogen functional groups attached to an aromatic ring is 1. The van der Waals surface area contributed by atoms with Gasteiger partial charge in [0.05, 0.1) is 9.26 Å². The summed E-state index contributed by atoms with van der Waals surface area (Å²) in [5, 5.41) is 0. The van der Waals surface area contributed by atoms with Gasteiger partial charge >= 0.3 is 0 Å². The van der Waals surface area contributed by atoms with Gasteiger partial charge in [0.25, 0.3) is 0 Å². The Balaban J connectivity index is 2.28. The summed E-state index contributed by atoms with van der Waals surface area (Å²) >= 11 is 2.23. The summed E-state index contributed by atoms with van der Waals surface area (Å²) in [6.45, 7) is 8.30. The first-order chi connectivity index (χ1) is 8.49. The van der Waals surface area contributed by atoms with Gasteiger partial charge in [-0.05, 0) is 35.6 Å². The molecule has 2 heterocycles. The van der Waals surface area contributed by atoms with Crippen LogP contribution in [-0.4, -0.2) is 48.1 Å². The molecule has 1 aromatic rings. The minimum atomic E-state index is 0.369. The van der Waals surface area contributed by atoms with Crippen LogP contribution >= 0.6 is 22.6 Å². The molecule has 0 radical (unpaired) electrons. The van der Waals surface area contributed by atoms with Crippen molar-refractivity contribution in [2.45, 2.75) is 19.8 Å². The van der Waals surface area contributed by atoms with Crippen LogP contribution in [0.3, 0.4) is 0 Å². The summed E-state index contributed by atoms with van der Waals surface area (Å²) in [6.07, 6.45) is 0. The predicted molar refractivity (Wildman–Crippen MR) is 83.0 cm³/mol. The molecule has 0 unspecified atom stereocenters. The molecule has 1 aliphatic rings. The fraction of sp³-hybridized carbons (Fsp3) is 0.667. The van der Waals surface area contributed by atoms with Crippen LogP contribution in [0.4, 0.5) is 11.8 Å². The number of hydrogen-bond acceptors (Lipinski definition) is 5. The lowest BCUT2D eigenvalue weighted by Gasteiger charge is -2.32. The number of hydrogen-bond donors (Lipinski definition) is 1. The van der Waals surface area contributed by atoms with Crippen molar-refractivity contribution in [2.24, 2.45) is 0 Å². The van der Waals surface area contributed by atoms with E-state index in [9.17, 15) is 0 Å². The Labute approximate surface area is 122 Å². The van der Waals surface area contributed by atoms with E-state index in [2.05, 4.69) is 58.3 Å². The zero-order valence-electron chi connectivity index (χ0n) is 11.1. The molecule has 5 nitrogen and oxygen atoms in total. The lowest BCUT2D eigenvalue weighted by atomic mass is 10.1. The molecular formula is C12H20IN5. The number of rotatable bonds is 2. The third-order valence-electron chi connectivity index (χ3n) is 3.22. The van der Waals surface area contributed by atoms with Gasteiger partial charge in [-0.1, -0.05) is 13.8 Å². The quantitative estimate of drug-likeness (QED) is 0.810. The van der Waals surface area contributed by atoms with E-state index in [-0.39, 0.29) is 0 Å². The van der Waals surface area contributed by atoms with Gasteiger partial charge in [-0.3, -0.25) is 0 Å². The molecule has 0 aliphatic carbocycles. The molecule has 0 spiro atoms. The predicted octanol–water partition coefficient (Wildman–Crippen LogP) is 1.54. The molecule has 0 aromatic carbocycles. The van der Waals surface area contributed by atoms with Crippen LogP contribution in [0.2, 0.25) is 0 Å². The van der Waals surface area contributed by atoms with E-state index in [4.69, 9.17) is 10.7 Å². The van der Waals surface area contributed by atoms with Crippen molar-refractivity contribution < 1.29 is 0 Å². The van der Waals surface area contributed by atoms with Crippen LogP contribution in [0.25, 0.3) is 0 Å². The minimum absolute atomic E-state index is 0.369. The molecular weight excluding hydrogens is 341 g/mol. The molecule has 0 amide bonds. The van der Waals surface area contributed by atoms with Crippen molar-refractivity contribution in [3.05, 3.63) is 9.26 Å². The van der Waals surface area contributed by atoms with Gasteiger partial charge in [0.2, 0.25) is 5.95 Å². The Morgan fingerprint density at radius 2 is 1.78 bits per heavy atom. The van der Waals surface area contributed by atoms with Crippen molar-refractivity contribution in [3.8, 4) is 0 Å². The van der Waals surface area contributed by atoms with Gasteiger partial charge in [-0.25, -0.2) is 4.98 Å². The SMILES string of the molecule is CC(C)c1nc(N2CCN(C)CC2)nc(N)c1I. The molecule has 1 saturated heterocycles. The maximum atomic E-state index is 6.00. The van der Waals surface area contributed by atoms with Crippen LogP contribution < -0.4 is 10.6 Å². The Kier molecular flexibility index (Phi) is 4.26. The smallest absolute Gasteiger partial charge is 0.227 e. The minimum Gasteiger partial charge on any atom is -0.383 e. The Bertz CT molecular complexity index is 427. The normalized spacial score (nSPS) is 17.5. The Morgan fingerprint density at radius 3 is 2.33 bits per heavy atom. The van der Waals surface area contributed by atoms with Crippen molar-refractivity contribution in [3.63, 3.8) is 0 Å². The highest BCUT2D eigenvalue weighted by Gasteiger charge is 2.20. The maximum absolute atomic E-state index is 6.00. The largest absolute Gasteiger partial charge is 0.383 e. The molecule has 2 rings (SSSR count). The van der Waals surface area contributed by atoms with Gasteiger partial charge in [-0.2, -0.15) is 4.98 Å². The first-order valence-electron chi connectivity index (χ1n) is 6.25. The summed E-state index contributed by atoms with van der Waals surface area (Å²) < 4.78 is 0.987. The summed E-state index contributed by atoms with van der Waals surface area (Å²) in [7, 11) is 2.14. The molecule has 18 heavy (non-hydrogen) atoms. The number of aromatic nitrogens is 2. The summed E-state index contributed by atoms with van der Waals surface area (Å²) in [4.78, 5) is 13.7. The molecule has 1 fully saturated rings. The van der Waals surface area contributed by atoms with E-state index in [1.807, 2.05) is 0 Å². The Morgan fingerprint density at radius 1 is 1.17 bits per heavy atom. The average molecular weight is 361 g/mol. The lowest BCUT2D eigenvalue weighted by molar-refractivity contribution is 0.311. The van der Waals surface area contributed by atoms with Crippen molar-refractivity contribution >= 4 is 34.4 Å². The molecule has 0 bridgehead atoms. The van der Waals surface area contributed by atoms with E-state index in [0.717, 1.165) is 41.4 Å². The van der Waals surface area contributed by atoms with Gasteiger partial charge in [0.1, 0.15) is 5.82 Å². The van der Waals surface area contributed by atoms with E-state index >= 15 is 0 Å². The average Bonchev–Trinajstić information content (AvgIpc) is 2.33. The summed E-state index contributed by atoms with van der Waals surface area (Å²) in [6, 6.07) is 0. The van der Waals surface area contributed by atoms with Crippen LogP contribution in [0.15, 0.2) is 0 Å². The summed E-state index contributed by atoms with van der Waals surface area (Å²) in [5.74, 6) is 1.75. The Hall–Kier alpha value is -0.630. The molecule has 100 valence electrons. The zero-order chi connectivity index (χ0) is 13.3. The van der Waals surface area contributed by atoms with Crippen LogP contribution in [-0.2, 0) is 0 Å². The topological polar surface area (TPSA) is 58.3 Å². The summed E-state index contributed by atoms with van der Waals surface area (Å²) in [5.41, 5.74) is 7.05. The standard InChI is InChI=1S/C12H20IN5/c1-8(2)10-9(13)11(14)16-12(15-10)18-6-4-17(3)5-7-18/h8H,4-7H2,1-3H3,(H2,14,15,16). The first kappa shape index (κ1) is 13.8. The molecule has 2 N–H and O–H groups in total. The van der Waals surface area contributed by atoms with E-state index < -0.39 is 0 Å². The van der Waals surface area contributed by atoms with Crippen LogP contribution in [0.1, 0.15) is 25.5 Å². The van der Waals surface area contributed by atoms with E-state index in [1.165, 1.54) is 0 Å². The van der Waals surface area contributed by atoms with E-state index in [0.29, 0.717) is 11.7 Å². The molecule has 1 aromatic heterocycles. The third-order valence-corrected chi connectivity index (χ3v) is 4.33. The van der Waals surface area contributed by atoms with Crippen molar-refractivity contribution in [1.29, 1.82) is 0 Å². The number of halogens is 1. The molecule has 1 aliphatic heterocycles. The van der Waals surface area contributed by atoms with Crippen LogP contribution in [0, 0.1) is 3.57 Å². The number of nitrogens with two attached hydrogens (primary N) is 1. The zero-order valence-corrected chi connectivity index (χ0v) is 13.3. The molecule has 6 heteroatoms. The number of likely N-dealkylation sites (N-methyl/N-ethyl adjacent to an activating group) is 1. The van der Waals surface area contributed by atoms with Gasteiger partial charge < -0.3 is 15.5 Å². The molecule has 0 atom stereocenters. The third kappa shape index (κ3) is 2.85. The fourth-order valence-electron chi connectivity index (χ4n) is 2.00. The van der Waals surface area contributed by atoms with Gasteiger partial charge in [0, 0.05) is 26.2 Å². The number of anilines is 2. The second-order valence-corrected chi connectivity index (χ2v) is 6.13. The number of piperazine rings is 1. The highest BCUT2D eigenvalue weighted by molar-refractivity contribution is 14.1. The number of nitrogens with zero attached hydrogens (tertiary/aromatic N) is 4. The van der Waals surface area contributed by atoms with Crippen molar-refractivity contribution in [1.82, 2.24) is 14.9 Å². The first-order valence-corrected chi connectivity index (χ1v) is 7.33. The fourth-order valence-corrected chi connectivity index (χ4v) is 2.86. The maximum Gasteiger partial charge on any atom is 0.227 e. The van der Waals surface area contributed by atoms with Gasteiger partial charge in [0.15, 0.2) is 0 Å². The molecule has 0 saturated carbocycles. The van der Waals surface area contributed by atoms with Crippen molar-refractivity contribution in [2.75, 3.05) is 43.9 Å².